The highest BCUT2D eigenvalue weighted by molar-refractivity contribution is 6.30. The molecule has 0 bridgehead atoms. The van der Waals surface area contributed by atoms with Gasteiger partial charge in [0.15, 0.2) is 11.5 Å². The van der Waals surface area contributed by atoms with Gasteiger partial charge in [-0.3, -0.25) is 4.90 Å². The monoisotopic (exact) mass is 449 g/mol. The van der Waals surface area contributed by atoms with Crippen LogP contribution in [0.5, 0.6) is 11.5 Å². The topological polar surface area (TPSA) is 21.7 Å². The highest BCUT2D eigenvalue weighted by Gasteiger charge is 2.47. The lowest BCUT2D eigenvalue weighted by molar-refractivity contribution is 0.150. The van der Waals surface area contributed by atoms with Crippen LogP contribution in [0.25, 0.3) is 0 Å². The summed E-state index contributed by atoms with van der Waals surface area (Å²) in [5, 5.41) is 0.770. The zero-order chi connectivity index (χ0) is 22.6. The summed E-state index contributed by atoms with van der Waals surface area (Å²) in [7, 11) is 1.68. The van der Waals surface area contributed by atoms with Gasteiger partial charge >= 0.3 is 0 Å². The Bertz CT molecular complexity index is 1020. The molecule has 0 saturated heterocycles. The third-order valence-corrected chi connectivity index (χ3v) is 6.78. The Morgan fingerprint density at radius 3 is 2.69 bits per heavy atom. The van der Waals surface area contributed by atoms with Gasteiger partial charge in [0.05, 0.1) is 12.6 Å². The van der Waals surface area contributed by atoms with Crippen molar-refractivity contribution in [2.45, 2.75) is 38.1 Å². The number of rotatable bonds is 9. The van der Waals surface area contributed by atoms with Gasteiger partial charge in [-0.05, 0) is 78.8 Å². The number of hydrogen-bond acceptors (Lipinski definition) is 3. The molecule has 1 unspecified atom stereocenters. The normalized spacial score (nSPS) is 20.3. The van der Waals surface area contributed by atoms with E-state index in [0.29, 0.717) is 6.61 Å². The standard InChI is InChI=1S/C28H32ClNO2/c1-4-16-30-20-22-8-6-7-9-25(22)28(30,23-11-13-24(29)14-12-23)19-21-10-15-26(31-3)27(18-21)32-17-5-2/h5-6,8,10-15,18H,2,4,7,9,16-17,19-20H2,1,3H3. The van der Waals surface area contributed by atoms with E-state index in [4.69, 9.17) is 21.1 Å². The molecule has 0 fully saturated rings. The smallest absolute Gasteiger partial charge is 0.161 e. The Morgan fingerprint density at radius 2 is 1.97 bits per heavy atom. The van der Waals surface area contributed by atoms with Gasteiger partial charge in [0, 0.05) is 11.6 Å². The van der Waals surface area contributed by atoms with E-state index in [9.17, 15) is 0 Å². The average molecular weight is 450 g/mol. The van der Waals surface area contributed by atoms with Gasteiger partial charge in [0.2, 0.25) is 0 Å². The first-order valence-electron chi connectivity index (χ1n) is 11.4. The van der Waals surface area contributed by atoms with E-state index in [2.05, 4.69) is 54.8 Å². The van der Waals surface area contributed by atoms with Crippen LogP contribution in [0.2, 0.25) is 5.02 Å². The van der Waals surface area contributed by atoms with Crippen LogP contribution < -0.4 is 9.47 Å². The summed E-state index contributed by atoms with van der Waals surface area (Å²) >= 11 is 6.29. The predicted molar refractivity (Wildman–Crippen MR) is 133 cm³/mol. The fourth-order valence-electron chi connectivity index (χ4n) is 5.20. The molecule has 4 rings (SSSR count). The lowest BCUT2D eigenvalue weighted by Crippen LogP contribution is -2.46. The quantitative estimate of drug-likeness (QED) is 0.396. The minimum atomic E-state index is -0.189. The lowest BCUT2D eigenvalue weighted by atomic mass is 9.74. The molecule has 0 radical (unpaired) electrons. The van der Waals surface area contributed by atoms with Crippen molar-refractivity contribution >= 4 is 11.6 Å². The van der Waals surface area contributed by atoms with Crippen LogP contribution in [-0.4, -0.2) is 31.7 Å². The van der Waals surface area contributed by atoms with Gasteiger partial charge in [-0.15, -0.1) is 0 Å². The molecule has 2 aromatic rings. The SMILES string of the molecule is C=CCOc1cc(CC2(c3ccc(Cl)cc3)C3=C(C=CCC3)CN2CCC)ccc1OC. The van der Waals surface area contributed by atoms with E-state index in [1.54, 1.807) is 18.8 Å². The Labute approximate surface area is 197 Å². The molecule has 0 N–H and O–H groups in total. The van der Waals surface area contributed by atoms with Crippen LogP contribution in [0.4, 0.5) is 0 Å². The van der Waals surface area contributed by atoms with Crippen molar-refractivity contribution in [3.63, 3.8) is 0 Å². The fourth-order valence-corrected chi connectivity index (χ4v) is 5.32. The van der Waals surface area contributed by atoms with E-state index in [-0.39, 0.29) is 5.54 Å². The van der Waals surface area contributed by atoms with Crippen LogP contribution in [0, 0.1) is 0 Å². The molecule has 1 aliphatic carbocycles. The molecule has 2 aromatic carbocycles. The molecule has 1 aliphatic heterocycles. The average Bonchev–Trinajstić information content (AvgIpc) is 3.12. The number of ether oxygens (including phenoxy) is 2. The van der Waals surface area contributed by atoms with Crippen molar-refractivity contribution in [1.82, 2.24) is 4.90 Å². The van der Waals surface area contributed by atoms with E-state index in [1.807, 2.05) is 18.2 Å². The Balaban J connectivity index is 1.84. The van der Waals surface area contributed by atoms with Crippen LogP contribution in [0.3, 0.4) is 0 Å². The Kier molecular flexibility index (Phi) is 7.07. The van der Waals surface area contributed by atoms with Gasteiger partial charge in [-0.2, -0.15) is 0 Å². The first-order chi connectivity index (χ1) is 15.6. The predicted octanol–water partition coefficient (Wildman–Crippen LogP) is 6.72. The molecule has 2 aliphatic rings. The second-order valence-corrected chi connectivity index (χ2v) is 8.93. The van der Waals surface area contributed by atoms with Crippen LogP contribution in [0.15, 0.2) is 78.4 Å². The van der Waals surface area contributed by atoms with Crippen molar-refractivity contribution in [2.75, 3.05) is 26.8 Å². The largest absolute Gasteiger partial charge is 0.493 e. The van der Waals surface area contributed by atoms with Crippen molar-refractivity contribution < 1.29 is 9.47 Å². The van der Waals surface area contributed by atoms with Crippen LogP contribution >= 0.6 is 11.6 Å². The molecule has 0 saturated carbocycles. The number of allylic oxidation sites excluding steroid dienone is 1. The van der Waals surface area contributed by atoms with Gasteiger partial charge in [-0.25, -0.2) is 0 Å². The van der Waals surface area contributed by atoms with Crippen molar-refractivity contribution in [3.8, 4) is 11.5 Å². The lowest BCUT2D eigenvalue weighted by Gasteiger charge is -2.42. The summed E-state index contributed by atoms with van der Waals surface area (Å²) in [6, 6.07) is 14.8. The van der Waals surface area contributed by atoms with Gasteiger partial charge in [0.25, 0.3) is 0 Å². The summed E-state index contributed by atoms with van der Waals surface area (Å²) in [5.41, 5.74) is 5.35. The van der Waals surface area contributed by atoms with Crippen molar-refractivity contribution in [1.29, 1.82) is 0 Å². The van der Waals surface area contributed by atoms with Gasteiger partial charge in [0.1, 0.15) is 6.61 Å². The van der Waals surface area contributed by atoms with Crippen LogP contribution in [0.1, 0.15) is 37.3 Å². The maximum Gasteiger partial charge on any atom is 0.161 e. The maximum absolute atomic E-state index is 6.29. The molecule has 4 heteroatoms. The molecule has 0 spiro atoms. The summed E-state index contributed by atoms with van der Waals surface area (Å²) < 4.78 is 11.5. The number of methoxy groups -OCH3 is 1. The molecule has 1 atom stereocenters. The molecule has 1 heterocycles. The van der Waals surface area contributed by atoms with Crippen molar-refractivity contribution in [2.24, 2.45) is 0 Å². The van der Waals surface area contributed by atoms with E-state index in [1.165, 1.54) is 16.7 Å². The molecular weight excluding hydrogens is 418 g/mol. The second-order valence-electron chi connectivity index (χ2n) is 8.50. The highest BCUT2D eigenvalue weighted by Crippen LogP contribution is 2.49. The summed E-state index contributed by atoms with van der Waals surface area (Å²) in [4.78, 5) is 2.66. The van der Waals surface area contributed by atoms with E-state index in [0.717, 1.165) is 55.3 Å². The Hall–Kier alpha value is -2.49. The molecule has 0 amide bonds. The maximum atomic E-state index is 6.29. The molecule has 0 aromatic heterocycles. The first-order valence-corrected chi connectivity index (χ1v) is 11.8. The minimum absolute atomic E-state index is 0.189. The Morgan fingerprint density at radius 1 is 1.16 bits per heavy atom. The highest BCUT2D eigenvalue weighted by atomic mass is 35.5. The third kappa shape index (κ3) is 4.24. The minimum Gasteiger partial charge on any atom is -0.493 e. The van der Waals surface area contributed by atoms with Gasteiger partial charge < -0.3 is 9.47 Å². The van der Waals surface area contributed by atoms with E-state index >= 15 is 0 Å². The van der Waals surface area contributed by atoms with Crippen molar-refractivity contribution in [3.05, 3.63) is 94.6 Å². The number of halogens is 1. The summed E-state index contributed by atoms with van der Waals surface area (Å²) in [6.07, 6.45) is 10.6. The molecule has 32 heavy (non-hydrogen) atoms. The second kappa shape index (κ2) is 9.97. The third-order valence-electron chi connectivity index (χ3n) is 6.53. The number of benzene rings is 2. The molecule has 168 valence electrons. The number of hydrogen-bond donors (Lipinski definition) is 0. The number of nitrogens with zero attached hydrogens (tertiary/aromatic N) is 1. The van der Waals surface area contributed by atoms with Gasteiger partial charge in [-0.1, -0.05) is 61.5 Å². The first kappa shape index (κ1) is 22.7. The van der Waals surface area contributed by atoms with Crippen LogP contribution in [-0.2, 0) is 12.0 Å². The summed E-state index contributed by atoms with van der Waals surface area (Å²) in [5.74, 6) is 1.50. The summed E-state index contributed by atoms with van der Waals surface area (Å²) in [6.45, 7) is 8.51. The molecular formula is C28H32ClNO2. The zero-order valence-electron chi connectivity index (χ0n) is 19.1. The molecule has 3 nitrogen and oxygen atoms in total. The fraction of sp³-hybridized carbons (Fsp3) is 0.357. The van der Waals surface area contributed by atoms with E-state index < -0.39 is 0 Å². The zero-order valence-corrected chi connectivity index (χ0v) is 19.8.